The molecular formula is C26H23FN4OS. The van der Waals surface area contributed by atoms with E-state index in [9.17, 15) is 4.39 Å². The number of benzene rings is 2. The van der Waals surface area contributed by atoms with Gasteiger partial charge in [0.15, 0.2) is 5.11 Å². The highest BCUT2D eigenvalue weighted by Crippen LogP contribution is 2.42. The number of rotatable bonds is 6. The third kappa shape index (κ3) is 4.07. The summed E-state index contributed by atoms with van der Waals surface area (Å²) in [5, 5.41) is 4.09. The van der Waals surface area contributed by atoms with Crippen LogP contribution in [0.25, 0.3) is 5.69 Å². The van der Waals surface area contributed by atoms with Crippen LogP contribution in [0, 0.1) is 5.82 Å². The zero-order valence-electron chi connectivity index (χ0n) is 18.1. The second-order valence-corrected chi connectivity index (χ2v) is 8.09. The van der Waals surface area contributed by atoms with Crippen molar-refractivity contribution >= 4 is 23.0 Å². The van der Waals surface area contributed by atoms with Crippen LogP contribution >= 0.6 is 12.2 Å². The molecule has 1 aliphatic rings. The second kappa shape index (κ2) is 9.03. The first-order chi connectivity index (χ1) is 16.2. The lowest BCUT2D eigenvalue weighted by molar-refractivity contribution is 0.340. The van der Waals surface area contributed by atoms with Crippen LogP contribution in [0.15, 0.2) is 91.3 Å². The number of nitrogens with zero attached hydrogens (tertiary/aromatic N) is 3. The molecule has 2 atom stereocenters. The van der Waals surface area contributed by atoms with Crippen molar-refractivity contribution < 1.29 is 9.13 Å². The maximum atomic E-state index is 13.6. The number of thiocarbonyl (C=S) groups is 1. The van der Waals surface area contributed by atoms with Crippen molar-refractivity contribution in [3.63, 3.8) is 0 Å². The van der Waals surface area contributed by atoms with Crippen LogP contribution in [0.3, 0.4) is 0 Å². The molecule has 166 valence electrons. The highest BCUT2D eigenvalue weighted by atomic mass is 32.1. The molecule has 5 rings (SSSR count). The van der Waals surface area contributed by atoms with Gasteiger partial charge in [-0.25, -0.2) is 4.39 Å². The minimum absolute atomic E-state index is 0.167. The number of halogens is 1. The van der Waals surface area contributed by atoms with Crippen molar-refractivity contribution in [3.05, 3.63) is 108 Å². The van der Waals surface area contributed by atoms with Crippen LogP contribution in [0.4, 0.5) is 10.1 Å². The molecule has 2 aromatic heterocycles. The Hall–Kier alpha value is -3.71. The first kappa shape index (κ1) is 21.2. The van der Waals surface area contributed by atoms with Crippen LogP contribution < -0.4 is 15.0 Å². The van der Waals surface area contributed by atoms with Gasteiger partial charge in [0.05, 0.1) is 18.3 Å². The van der Waals surface area contributed by atoms with Gasteiger partial charge in [-0.2, -0.15) is 0 Å². The fraction of sp³-hybridized carbons (Fsp3) is 0.154. The molecule has 0 spiro atoms. The van der Waals surface area contributed by atoms with E-state index in [4.69, 9.17) is 17.0 Å². The molecule has 3 heterocycles. The van der Waals surface area contributed by atoms with Gasteiger partial charge in [0, 0.05) is 29.5 Å². The Morgan fingerprint density at radius 2 is 1.73 bits per heavy atom. The number of anilines is 1. The quantitative estimate of drug-likeness (QED) is 0.382. The van der Waals surface area contributed by atoms with Crippen LogP contribution in [-0.2, 0) is 0 Å². The lowest BCUT2D eigenvalue weighted by Gasteiger charge is -2.29. The molecule has 1 N–H and O–H groups in total. The van der Waals surface area contributed by atoms with Gasteiger partial charge in [-0.05, 0) is 91.9 Å². The summed E-state index contributed by atoms with van der Waals surface area (Å²) in [6.07, 6.45) is 3.77. The smallest absolute Gasteiger partial charge is 0.174 e. The van der Waals surface area contributed by atoms with Gasteiger partial charge in [-0.3, -0.25) is 4.98 Å². The molecule has 7 heteroatoms. The Balaban J connectivity index is 1.62. The summed E-state index contributed by atoms with van der Waals surface area (Å²) in [4.78, 5) is 6.72. The third-order valence-electron chi connectivity index (χ3n) is 5.71. The first-order valence-corrected chi connectivity index (χ1v) is 11.2. The van der Waals surface area contributed by atoms with E-state index in [1.54, 1.807) is 18.3 Å². The number of pyridine rings is 1. The van der Waals surface area contributed by atoms with Gasteiger partial charge in [0.1, 0.15) is 17.6 Å². The van der Waals surface area contributed by atoms with E-state index in [-0.39, 0.29) is 17.9 Å². The molecule has 0 unspecified atom stereocenters. The van der Waals surface area contributed by atoms with E-state index in [0.29, 0.717) is 11.7 Å². The Labute approximate surface area is 197 Å². The summed E-state index contributed by atoms with van der Waals surface area (Å²) in [5.74, 6) is 0.547. The molecule has 5 nitrogen and oxygen atoms in total. The molecule has 1 fully saturated rings. The van der Waals surface area contributed by atoms with Crippen LogP contribution in [0.1, 0.15) is 30.4 Å². The van der Waals surface area contributed by atoms with E-state index < -0.39 is 0 Å². The molecule has 1 aliphatic heterocycles. The SMILES string of the molecule is CCOc1ccc(N2C(=S)N[C@@H](c3ccccn3)[C@@H]2c2cccn2-c2ccc(F)cc2)cc1. The average Bonchev–Trinajstić information content (AvgIpc) is 3.45. The van der Waals surface area contributed by atoms with Gasteiger partial charge >= 0.3 is 0 Å². The Morgan fingerprint density at radius 3 is 2.42 bits per heavy atom. The first-order valence-electron chi connectivity index (χ1n) is 10.8. The summed E-state index contributed by atoms with van der Waals surface area (Å²) < 4.78 is 21.3. The molecule has 0 bridgehead atoms. The lowest BCUT2D eigenvalue weighted by Crippen LogP contribution is -2.30. The molecular weight excluding hydrogens is 435 g/mol. The number of hydrogen-bond donors (Lipinski definition) is 1. The van der Waals surface area contributed by atoms with Crippen molar-refractivity contribution in [2.24, 2.45) is 0 Å². The largest absolute Gasteiger partial charge is 0.494 e. The highest BCUT2D eigenvalue weighted by molar-refractivity contribution is 7.80. The van der Waals surface area contributed by atoms with Gasteiger partial charge < -0.3 is 19.5 Å². The molecule has 1 saturated heterocycles. The topological polar surface area (TPSA) is 42.3 Å². The van der Waals surface area contributed by atoms with Crippen molar-refractivity contribution in [2.75, 3.05) is 11.5 Å². The third-order valence-corrected chi connectivity index (χ3v) is 6.03. The van der Waals surface area contributed by atoms with Crippen molar-refractivity contribution in [2.45, 2.75) is 19.0 Å². The molecule has 0 saturated carbocycles. The Kier molecular flexibility index (Phi) is 5.79. The lowest BCUT2D eigenvalue weighted by atomic mass is 10.0. The van der Waals surface area contributed by atoms with Gasteiger partial charge in [-0.1, -0.05) is 6.07 Å². The summed E-state index contributed by atoms with van der Waals surface area (Å²) in [6, 6.07) is 24.0. The van der Waals surface area contributed by atoms with Crippen molar-refractivity contribution in [1.82, 2.24) is 14.9 Å². The van der Waals surface area contributed by atoms with E-state index in [1.807, 2.05) is 61.7 Å². The minimum atomic E-state index is -0.265. The normalized spacial score (nSPS) is 17.8. The Morgan fingerprint density at radius 1 is 0.970 bits per heavy atom. The van der Waals surface area contributed by atoms with Crippen LogP contribution in [-0.4, -0.2) is 21.3 Å². The summed E-state index contributed by atoms with van der Waals surface area (Å²) in [7, 11) is 0. The second-order valence-electron chi connectivity index (χ2n) is 7.70. The van der Waals surface area contributed by atoms with Gasteiger partial charge in [-0.15, -0.1) is 0 Å². The maximum Gasteiger partial charge on any atom is 0.174 e. The zero-order valence-corrected chi connectivity index (χ0v) is 18.9. The van der Waals surface area contributed by atoms with Crippen LogP contribution in [0.5, 0.6) is 5.75 Å². The molecule has 33 heavy (non-hydrogen) atoms. The maximum absolute atomic E-state index is 13.6. The van der Waals surface area contributed by atoms with E-state index in [2.05, 4.69) is 25.8 Å². The van der Waals surface area contributed by atoms with E-state index in [1.165, 1.54) is 12.1 Å². The van der Waals surface area contributed by atoms with Crippen LogP contribution in [0.2, 0.25) is 0 Å². The predicted octanol–water partition coefficient (Wildman–Crippen LogP) is 5.59. The van der Waals surface area contributed by atoms with Gasteiger partial charge in [0.2, 0.25) is 0 Å². The molecule has 0 amide bonds. The number of aromatic nitrogens is 2. The molecule has 0 radical (unpaired) electrons. The highest BCUT2D eigenvalue weighted by Gasteiger charge is 2.42. The van der Waals surface area contributed by atoms with E-state index >= 15 is 0 Å². The monoisotopic (exact) mass is 458 g/mol. The summed E-state index contributed by atoms with van der Waals surface area (Å²) >= 11 is 5.81. The number of hydrogen-bond acceptors (Lipinski definition) is 3. The number of ether oxygens (including phenoxy) is 1. The molecule has 0 aliphatic carbocycles. The summed E-state index contributed by atoms with van der Waals surface area (Å²) in [5.41, 5.74) is 3.73. The minimum Gasteiger partial charge on any atom is -0.494 e. The molecule has 4 aromatic rings. The van der Waals surface area contributed by atoms with Gasteiger partial charge in [0.25, 0.3) is 0 Å². The van der Waals surface area contributed by atoms with Crippen molar-refractivity contribution in [1.29, 1.82) is 0 Å². The summed E-state index contributed by atoms with van der Waals surface area (Å²) in [6.45, 7) is 2.57. The Bertz CT molecular complexity index is 1240. The molecule has 2 aromatic carbocycles. The standard InChI is InChI=1S/C26H23FN4OS/c1-2-32-21-14-12-20(13-15-21)31-25(24(29-26(31)33)22-6-3-4-16-28-22)23-7-5-17-30(23)19-10-8-18(27)9-11-19/h3-17,24-25H,2H2,1H3,(H,29,33)/t24-,25-/m0/s1. The fourth-order valence-electron chi connectivity index (χ4n) is 4.28. The number of nitrogens with one attached hydrogen (secondary N) is 1. The average molecular weight is 459 g/mol. The predicted molar refractivity (Wildman–Crippen MR) is 131 cm³/mol. The zero-order chi connectivity index (χ0) is 22.8. The van der Waals surface area contributed by atoms with E-state index in [0.717, 1.165) is 28.5 Å². The van der Waals surface area contributed by atoms with Crippen molar-refractivity contribution in [3.8, 4) is 11.4 Å². The fourth-order valence-corrected chi connectivity index (χ4v) is 4.62.